The van der Waals surface area contributed by atoms with Crippen molar-refractivity contribution in [3.63, 3.8) is 0 Å². The first kappa shape index (κ1) is 24.8. The molecule has 0 fully saturated rings. The molecule has 0 aliphatic rings. The molecule has 176 valence electrons. The molecule has 2 aromatic carbocycles. The van der Waals surface area contributed by atoms with E-state index >= 15 is 0 Å². The molecule has 0 atom stereocenters. The minimum absolute atomic E-state index is 0.0627. The van der Waals surface area contributed by atoms with Gasteiger partial charge in [-0.1, -0.05) is 35.9 Å². The molecule has 1 heterocycles. The molecule has 0 unspecified atom stereocenters. The molecule has 3 rings (SSSR count). The lowest BCUT2D eigenvalue weighted by atomic mass is 10.0. The predicted octanol–water partition coefficient (Wildman–Crippen LogP) is 7.31. The monoisotopic (exact) mass is 482 g/mol. The smallest absolute Gasteiger partial charge is 0.416 e. The second kappa shape index (κ2) is 9.55. The van der Waals surface area contributed by atoms with E-state index in [1.165, 1.54) is 11.0 Å². The molecule has 0 spiro atoms. The number of hydrogen-bond acceptors (Lipinski definition) is 3. The van der Waals surface area contributed by atoms with Crippen LogP contribution in [-0.2, 0) is 30.7 Å². The molecular formula is C24H23ClF4N2O2. The Balaban J connectivity index is 1.99. The topological polar surface area (TPSA) is 42.4 Å². The van der Waals surface area contributed by atoms with Crippen molar-refractivity contribution in [1.82, 2.24) is 9.88 Å². The van der Waals surface area contributed by atoms with Crippen molar-refractivity contribution in [3.8, 4) is 0 Å². The Kier molecular flexibility index (Phi) is 7.17. The Morgan fingerprint density at radius 1 is 1.03 bits per heavy atom. The number of fused-ring (bicyclic) bond motifs is 1. The molecule has 3 aromatic rings. The Labute approximate surface area is 194 Å². The summed E-state index contributed by atoms with van der Waals surface area (Å²) in [5, 5.41) is 0.954. The third-order valence-corrected chi connectivity index (χ3v) is 5.00. The molecule has 1 aromatic heterocycles. The molecule has 0 aliphatic carbocycles. The minimum atomic E-state index is -4.65. The first-order valence-corrected chi connectivity index (χ1v) is 10.5. The quantitative estimate of drug-likeness (QED) is 0.283. The standard InChI is InChI=1S/C24H23ClF4N2O2/c1-23(2,3)33-22(32)31(13-16-8-15(12-26)9-19(10-16)24(27,28)29)14-18-11-17-6-4-5-7-20(17)30-21(18)25/h4-11H,12-14H2,1-3H3. The van der Waals surface area contributed by atoms with Gasteiger partial charge in [-0.15, -0.1) is 0 Å². The number of pyridine rings is 1. The number of hydrogen-bond donors (Lipinski definition) is 0. The third kappa shape index (κ3) is 6.57. The number of carbonyl (C=O) groups excluding carboxylic acids is 1. The normalized spacial score (nSPS) is 12.1. The number of ether oxygens (including phenoxy) is 1. The molecule has 0 aliphatic heterocycles. The van der Waals surface area contributed by atoms with Crippen LogP contribution in [0.1, 0.15) is 43.0 Å². The molecule has 0 N–H and O–H groups in total. The van der Waals surface area contributed by atoms with Gasteiger partial charge in [-0.2, -0.15) is 13.2 Å². The fourth-order valence-corrected chi connectivity index (χ4v) is 3.48. The molecule has 1 amide bonds. The van der Waals surface area contributed by atoms with Gasteiger partial charge < -0.3 is 4.74 Å². The maximum Gasteiger partial charge on any atom is 0.416 e. The predicted molar refractivity (Wildman–Crippen MR) is 118 cm³/mol. The van der Waals surface area contributed by atoms with Crippen LogP contribution in [0.15, 0.2) is 48.5 Å². The van der Waals surface area contributed by atoms with Crippen LogP contribution in [0.5, 0.6) is 0 Å². The molecule has 0 bridgehead atoms. The summed E-state index contributed by atoms with van der Waals surface area (Å²) in [7, 11) is 0. The van der Waals surface area contributed by atoms with Crippen molar-refractivity contribution < 1.29 is 27.1 Å². The second-order valence-electron chi connectivity index (χ2n) is 8.64. The first-order chi connectivity index (χ1) is 15.4. The summed E-state index contributed by atoms with van der Waals surface area (Å²) in [6.45, 7) is 3.67. The Morgan fingerprint density at radius 3 is 2.33 bits per heavy atom. The van der Waals surface area contributed by atoms with Crippen molar-refractivity contribution in [2.24, 2.45) is 0 Å². The summed E-state index contributed by atoms with van der Waals surface area (Å²) < 4.78 is 58.6. The SMILES string of the molecule is CC(C)(C)OC(=O)N(Cc1cc(CF)cc(C(F)(F)F)c1)Cc1cc2ccccc2nc1Cl. The molecular weight excluding hydrogens is 460 g/mol. The summed E-state index contributed by atoms with van der Waals surface area (Å²) in [6, 6.07) is 12.0. The molecule has 33 heavy (non-hydrogen) atoms. The minimum Gasteiger partial charge on any atom is -0.444 e. The van der Waals surface area contributed by atoms with Crippen molar-refractivity contribution >= 4 is 28.6 Å². The molecule has 0 saturated heterocycles. The summed E-state index contributed by atoms with van der Waals surface area (Å²) in [6.07, 6.45) is -5.40. The largest absolute Gasteiger partial charge is 0.444 e. The van der Waals surface area contributed by atoms with Crippen LogP contribution in [0.3, 0.4) is 0 Å². The van der Waals surface area contributed by atoms with E-state index in [1.807, 2.05) is 18.2 Å². The lowest BCUT2D eigenvalue weighted by Gasteiger charge is -2.28. The number of para-hydroxylation sites is 1. The molecule has 0 radical (unpaired) electrons. The molecule has 4 nitrogen and oxygen atoms in total. The zero-order valence-electron chi connectivity index (χ0n) is 18.3. The van der Waals surface area contributed by atoms with E-state index in [2.05, 4.69) is 4.98 Å². The van der Waals surface area contributed by atoms with Gasteiger partial charge in [-0.05, 0) is 56.2 Å². The van der Waals surface area contributed by atoms with Gasteiger partial charge in [0.2, 0.25) is 0 Å². The van der Waals surface area contributed by atoms with E-state index in [9.17, 15) is 22.4 Å². The number of benzene rings is 2. The Bertz CT molecular complexity index is 1160. The summed E-state index contributed by atoms with van der Waals surface area (Å²) in [5.74, 6) is 0. The Hall–Kier alpha value is -2.87. The van der Waals surface area contributed by atoms with Crippen LogP contribution in [-0.4, -0.2) is 21.6 Å². The van der Waals surface area contributed by atoms with Gasteiger partial charge in [-0.25, -0.2) is 14.2 Å². The first-order valence-electron chi connectivity index (χ1n) is 10.1. The zero-order valence-corrected chi connectivity index (χ0v) is 19.1. The highest BCUT2D eigenvalue weighted by atomic mass is 35.5. The number of aromatic nitrogens is 1. The highest BCUT2D eigenvalue weighted by Crippen LogP contribution is 2.32. The molecule has 9 heteroatoms. The number of alkyl halides is 4. The van der Waals surface area contributed by atoms with Crippen LogP contribution in [0.25, 0.3) is 10.9 Å². The van der Waals surface area contributed by atoms with Crippen molar-refractivity contribution in [2.45, 2.75) is 52.3 Å². The van der Waals surface area contributed by atoms with Crippen LogP contribution in [0.2, 0.25) is 5.15 Å². The maximum absolute atomic E-state index is 13.3. The maximum atomic E-state index is 13.3. The van der Waals surface area contributed by atoms with E-state index in [0.717, 1.165) is 17.5 Å². The van der Waals surface area contributed by atoms with Crippen molar-refractivity contribution in [3.05, 3.63) is 75.9 Å². The summed E-state index contributed by atoms with van der Waals surface area (Å²) >= 11 is 6.33. The Morgan fingerprint density at radius 2 is 1.70 bits per heavy atom. The van der Waals surface area contributed by atoms with Crippen LogP contribution in [0.4, 0.5) is 22.4 Å². The number of nitrogens with zero attached hydrogens (tertiary/aromatic N) is 2. The van der Waals surface area contributed by atoms with E-state index in [1.54, 1.807) is 32.9 Å². The van der Waals surface area contributed by atoms with Gasteiger partial charge in [-0.3, -0.25) is 4.90 Å². The second-order valence-corrected chi connectivity index (χ2v) is 8.99. The van der Waals surface area contributed by atoms with Gasteiger partial charge >= 0.3 is 12.3 Å². The molecule has 0 saturated carbocycles. The fourth-order valence-electron chi connectivity index (χ4n) is 3.28. The van der Waals surface area contributed by atoms with Crippen LogP contribution < -0.4 is 0 Å². The van der Waals surface area contributed by atoms with Crippen LogP contribution >= 0.6 is 11.6 Å². The van der Waals surface area contributed by atoms with Gasteiger partial charge in [0.05, 0.1) is 17.6 Å². The van der Waals surface area contributed by atoms with E-state index < -0.39 is 30.1 Å². The lowest BCUT2D eigenvalue weighted by Crippen LogP contribution is -2.36. The van der Waals surface area contributed by atoms with E-state index in [0.29, 0.717) is 11.1 Å². The van der Waals surface area contributed by atoms with Gasteiger partial charge in [0, 0.05) is 17.5 Å². The number of carbonyl (C=O) groups is 1. The van der Waals surface area contributed by atoms with Crippen LogP contribution in [0, 0.1) is 0 Å². The highest BCUT2D eigenvalue weighted by molar-refractivity contribution is 6.30. The number of amides is 1. The summed E-state index contributed by atoms with van der Waals surface area (Å²) in [4.78, 5) is 18.5. The van der Waals surface area contributed by atoms with E-state index in [4.69, 9.17) is 16.3 Å². The van der Waals surface area contributed by atoms with Gasteiger partial charge in [0.1, 0.15) is 17.4 Å². The third-order valence-electron chi connectivity index (χ3n) is 4.67. The lowest BCUT2D eigenvalue weighted by molar-refractivity contribution is -0.137. The zero-order chi connectivity index (χ0) is 24.4. The van der Waals surface area contributed by atoms with Gasteiger partial charge in [0.15, 0.2) is 0 Å². The van der Waals surface area contributed by atoms with Crippen molar-refractivity contribution in [1.29, 1.82) is 0 Å². The van der Waals surface area contributed by atoms with Crippen molar-refractivity contribution in [2.75, 3.05) is 0 Å². The number of rotatable bonds is 5. The fraction of sp³-hybridized carbons (Fsp3) is 0.333. The average Bonchev–Trinajstić information content (AvgIpc) is 2.71. The van der Waals surface area contributed by atoms with Gasteiger partial charge in [0.25, 0.3) is 0 Å². The van der Waals surface area contributed by atoms with E-state index in [-0.39, 0.29) is 29.4 Å². The summed E-state index contributed by atoms with van der Waals surface area (Å²) in [5.41, 5.74) is -0.664. The highest BCUT2D eigenvalue weighted by Gasteiger charge is 2.32. The number of halogens is 5. The average molecular weight is 483 g/mol.